The van der Waals surface area contributed by atoms with Gasteiger partial charge in [-0.3, -0.25) is 4.98 Å². The van der Waals surface area contributed by atoms with Crippen LogP contribution in [0.4, 0.5) is 0 Å². The zero-order chi connectivity index (χ0) is 14.1. The molecule has 0 bridgehead atoms. The summed E-state index contributed by atoms with van der Waals surface area (Å²) in [6, 6.07) is 6.15. The molecule has 0 fully saturated rings. The summed E-state index contributed by atoms with van der Waals surface area (Å²) in [5, 5.41) is 12.8. The first kappa shape index (κ1) is 12.3. The minimum absolute atomic E-state index is 0.362. The Morgan fingerprint density at radius 2 is 2.10 bits per heavy atom. The average Bonchev–Trinajstić information content (AvgIpc) is 2.97. The highest BCUT2D eigenvalue weighted by atomic mass is 16.5. The van der Waals surface area contributed by atoms with E-state index in [9.17, 15) is 0 Å². The molecule has 0 atom stereocenters. The van der Waals surface area contributed by atoms with Gasteiger partial charge in [-0.05, 0) is 43.4 Å². The van der Waals surface area contributed by atoms with Gasteiger partial charge in [-0.25, -0.2) is 0 Å². The molecule has 0 aliphatic heterocycles. The summed E-state index contributed by atoms with van der Waals surface area (Å²) in [6.45, 7) is 0.362. The number of aryl methyl sites for hydroxylation is 2. The molecule has 0 saturated heterocycles. The number of rotatable bonds is 3. The fourth-order valence-electron chi connectivity index (χ4n) is 2.72. The topological polar surface area (TPSA) is 65.2 Å². The molecule has 0 unspecified atom stereocenters. The average molecular weight is 281 g/mol. The molecule has 1 aliphatic carbocycles. The van der Waals surface area contributed by atoms with Crippen molar-refractivity contribution < 1.29 is 4.74 Å². The van der Waals surface area contributed by atoms with Crippen LogP contribution in [0.15, 0.2) is 30.6 Å². The molecule has 4 rings (SSSR count). The first-order valence-corrected chi connectivity index (χ1v) is 7.17. The van der Waals surface area contributed by atoms with Crippen LogP contribution in [0.1, 0.15) is 29.7 Å². The number of aromatic nitrogens is 5. The van der Waals surface area contributed by atoms with Crippen LogP contribution in [-0.4, -0.2) is 24.8 Å². The maximum atomic E-state index is 5.70. The fraction of sp³-hybridized carbons (Fsp3) is 0.333. The lowest BCUT2D eigenvalue weighted by Gasteiger charge is -2.14. The Morgan fingerprint density at radius 3 is 3.00 bits per heavy atom. The molecule has 0 spiro atoms. The van der Waals surface area contributed by atoms with Crippen molar-refractivity contribution in [1.29, 1.82) is 0 Å². The van der Waals surface area contributed by atoms with E-state index in [-0.39, 0.29) is 0 Å². The van der Waals surface area contributed by atoms with Crippen LogP contribution in [0, 0.1) is 0 Å². The second kappa shape index (κ2) is 5.12. The van der Waals surface area contributed by atoms with Gasteiger partial charge in [0, 0.05) is 11.8 Å². The molecule has 6 nitrogen and oxygen atoms in total. The van der Waals surface area contributed by atoms with E-state index >= 15 is 0 Å². The molecule has 3 heterocycles. The minimum atomic E-state index is 0.362. The fourth-order valence-corrected chi connectivity index (χ4v) is 2.72. The lowest BCUT2D eigenvalue weighted by molar-refractivity contribution is 0.269. The van der Waals surface area contributed by atoms with Crippen LogP contribution in [0.2, 0.25) is 0 Å². The van der Waals surface area contributed by atoms with E-state index in [2.05, 4.69) is 20.3 Å². The van der Waals surface area contributed by atoms with Crippen LogP contribution < -0.4 is 4.74 Å². The Labute approximate surface area is 121 Å². The highest BCUT2D eigenvalue weighted by Gasteiger charge is 2.18. The molecule has 0 saturated carbocycles. The number of hydrogen-bond acceptors (Lipinski definition) is 5. The Kier molecular flexibility index (Phi) is 2.99. The third-order valence-corrected chi connectivity index (χ3v) is 3.80. The molecule has 0 amide bonds. The minimum Gasteiger partial charge on any atom is -0.456 e. The zero-order valence-corrected chi connectivity index (χ0v) is 11.6. The highest BCUT2D eigenvalue weighted by Crippen LogP contribution is 2.24. The summed E-state index contributed by atoms with van der Waals surface area (Å²) < 4.78 is 7.39. The van der Waals surface area contributed by atoms with Crippen molar-refractivity contribution in [3.05, 3.63) is 47.4 Å². The molecule has 21 heavy (non-hydrogen) atoms. The highest BCUT2D eigenvalue weighted by molar-refractivity contribution is 5.51. The smallest absolute Gasteiger partial charge is 0.339 e. The third kappa shape index (κ3) is 2.22. The summed E-state index contributed by atoms with van der Waals surface area (Å²) in [5.41, 5.74) is 4.23. The van der Waals surface area contributed by atoms with E-state index in [1.54, 1.807) is 10.7 Å². The number of fused-ring (bicyclic) bond motifs is 3. The van der Waals surface area contributed by atoms with E-state index in [1.807, 2.05) is 24.4 Å². The summed E-state index contributed by atoms with van der Waals surface area (Å²) in [4.78, 5) is 4.23. The Bertz CT molecular complexity index is 768. The Balaban J connectivity index is 1.64. The summed E-state index contributed by atoms with van der Waals surface area (Å²) in [7, 11) is 0. The number of ether oxygens (including phenoxy) is 1. The van der Waals surface area contributed by atoms with Crippen molar-refractivity contribution in [1.82, 2.24) is 24.8 Å². The van der Waals surface area contributed by atoms with Gasteiger partial charge < -0.3 is 4.74 Å². The van der Waals surface area contributed by atoms with Crippen LogP contribution in [0.3, 0.4) is 0 Å². The van der Waals surface area contributed by atoms with E-state index in [1.165, 1.54) is 24.0 Å². The first-order chi connectivity index (χ1) is 10.4. The molecule has 6 heteroatoms. The lowest BCUT2D eigenvalue weighted by Crippen LogP contribution is -2.08. The molecule has 0 N–H and O–H groups in total. The van der Waals surface area contributed by atoms with Crippen molar-refractivity contribution in [2.45, 2.75) is 32.3 Å². The predicted molar refractivity (Wildman–Crippen MR) is 76.0 cm³/mol. The van der Waals surface area contributed by atoms with Gasteiger partial charge in [0.15, 0.2) is 5.65 Å². The van der Waals surface area contributed by atoms with E-state index in [4.69, 9.17) is 4.74 Å². The van der Waals surface area contributed by atoms with Gasteiger partial charge in [0.05, 0.1) is 11.9 Å². The molecule has 1 aliphatic rings. The van der Waals surface area contributed by atoms with Gasteiger partial charge in [-0.1, -0.05) is 11.2 Å². The molecular formula is C15H15N5O. The number of hydrogen-bond donors (Lipinski definition) is 0. The van der Waals surface area contributed by atoms with Gasteiger partial charge in [-0.2, -0.15) is 9.61 Å². The SMILES string of the molecule is c1ccc(COc2nnc3c4c(cnn23)CCCC4)nc1. The Hall–Kier alpha value is -2.50. The van der Waals surface area contributed by atoms with Crippen molar-refractivity contribution >= 4 is 5.65 Å². The molecule has 3 aromatic heterocycles. The van der Waals surface area contributed by atoms with Crippen LogP contribution in [0.5, 0.6) is 6.01 Å². The molecular weight excluding hydrogens is 266 g/mol. The second-order valence-corrected chi connectivity index (χ2v) is 5.18. The van der Waals surface area contributed by atoms with Crippen molar-refractivity contribution in [3.63, 3.8) is 0 Å². The van der Waals surface area contributed by atoms with Gasteiger partial charge >= 0.3 is 6.01 Å². The molecule has 0 aromatic carbocycles. The summed E-state index contributed by atoms with van der Waals surface area (Å²) >= 11 is 0. The quantitative estimate of drug-likeness (QED) is 0.734. The summed E-state index contributed by atoms with van der Waals surface area (Å²) in [5.74, 6) is 0. The normalized spacial score (nSPS) is 14.1. The maximum absolute atomic E-state index is 5.70. The largest absolute Gasteiger partial charge is 0.456 e. The first-order valence-electron chi connectivity index (χ1n) is 7.17. The number of pyridine rings is 1. The van der Waals surface area contributed by atoms with Crippen LogP contribution >= 0.6 is 0 Å². The van der Waals surface area contributed by atoms with Gasteiger partial charge in [0.2, 0.25) is 0 Å². The monoisotopic (exact) mass is 281 g/mol. The number of nitrogens with zero attached hydrogens (tertiary/aromatic N) is 5. The van der Waals surface area contributed by atoms with E-state index in [0.717, 1.165) is 24.2 Å². The van der Waals surface area contributed by atoms with E-state index < -0.39 is 0 Å². The predicted octanol–water partition coefficient (Wildman–Crippen LogP) is 1.98. The van der Waals surface area contributed by atoms with E-state index in [0.29, 0.717) is 12.6 Å². The molecule has 106 valence electrons. The van der Waals surface area contributed by atoms with Gasteiger partial charge in [0.1, 0.15) is 6.61 Å². The van der Waals surface area contributed by atoms with Crippen molar-refractivity contribution in [3.8, 4) is 6.01 Å². The zero-order valence-electron chi connectivity index (χ0n) is 11.6. The standard InChI is InChI=1S/C15H15N5O/c1-2-7-13-11(5-1)9-17-20-14(13)18-19-15(20)21-10-12-6-3-4-8-16-12/h3-4,6,8-9H,1-2,5,7,10H2. The van der Waals surface area contributed by atoms with Gasteiger partial charge in [-0.15, -0.1) is 5.10 Å². The van der Waals surface area contributed by atoms with Crippen LogP contribution in [0.25, 0.3) is 5.65 Å². The maximum Gasteiger partial charge on any atom is 0.339 e. The summed E-state index contributed by atoms with van der Waals surface area (Å²) in [6.07, 6.45) is 8.20. The molecule has 0 radical (unpaired) electrons. The van der Waals surface area contributed by atoms with Crippen molar-refractivity contribution in [2.24, 2.45) is 0 Å². The van der Waals surface area contributed by atoms with Crippen molar-refractivity contribution in [2.75, 3.05) is 0 Å². The second-order valence-electron chi connectivity index (χ2n) is 5.18. The molecule has 3 aromatic rings. The van der Waals surface area contributed by atoms with Crippen LogP contribution in [-0.2, 0) is 19.4 Å². The Morgan fingerprint density at radius 1 is 1.14 bits per heavy atom. The third-order valence-electron chi connectivity index (χ3n) is 3.80. The lowest BCUT2D eigenvalue weighted by atomic mass is 9.94. The van der Waals surface area contributed by atoms with Gasteiger partial charge in [0.25, 0.3) is 0 Å².